The fourth-order valence-electron chi connectivity index (χ4n) is 3.98. The number of nitrogens with zero attached hydrogens (tertiary/aromatic N) is 2. The molecule has 9 heteroatoms. The molecule has 1 N–H and O–H groups in total. The van der Waals surface area contributed by atoms with Gasteiger partial charge in [0, 0.05) is 18.6 Å². The van der Waals surface area contributed by atoms with Crippen molar-refractivity contribution in [3.05, 3.63) is 94.5 Å². The molecule has 37 heavy (non-hydrogen) atoms. The lowest BCUT2D eigenvalue weighted by Crippen LogP contribution is -2.51. The molecule has 1 atom stereocenters. The summed E-state index contributed by atoms with van der Waals surface area (Å²) in [7, 11) is -2.63. The Hall–Kier alpha value is -3.36. The van der Waals surface area contributed by atoms with Crippen molar-refractivity contribution in [2.24, 2.45) is 0 Å². The maximum atomic E-state index is 13.8. The van der Waals surface area contributed by atoms with Crippen molar-refractivity contribution in [2.45, 2.75) is 38.1 Å². The number of hydrogen-bond acceptors (Lipinski definition) is 4. The van der Waals surface area contributed by atoms with Crippen LogP contribution in [0.25, 0.3) is 0 Å². The average Bonchev–Trinajstić information content (AvgIpc) is 2.89. The van der Waals surface area contributed by atoms with Crippen molar-refractivity contribution in [1.29, 1.82) is 0 Å². The summed E-state index contributed by atoms with van der Waals surface area (Å²) in [6.07, 6.45) is 0.509. The molecule has 0 aliphatic carbocycles. The van der Waals surface area contributed by atoms with Gasteiger partial charge in [0.1, 0.15) is 12.6 Å². The van der Waals surface area contributed by atoms with E-state index < -0.39 is 28.5 Å². The predicted molar refractivity (Wildman–Crippen MR) is 147 cm³/mol. The lowest BCUT2D eigenvalue weighted by Gasteiger charge is -2.32. The minimum atomic E-state index is -4.13. The van der Waals surface area contributed by atoms with Crippen molar-refractivity contribution in [3.8, 4) is 0 Å². The Bertz CT molecular complexity index is 1350. The largest absolute Gasteiger partial charge is 0.357 e. The summed E-state index contributed by atoms with van der Waals surface area (Å²) in [5, 5.41) is 2.92. The lowest BCUT2D eigenvalue weighted by atomic mass is 10.1. The van der Waals surface area contributed by atoms with Gasteiger partial charge in [0.2, 0.25) is 11.8 Å². The van der Waals surface area contributed by atoms with Gasteiger partial charge < -0.3 is 10.2 Å². The van der Waals surface area contributed by atoms with E-state index in [2.05, 4.69) is 5.32 Å². The first-order chi connectivity index (χ1) is 17.5. The van der Waals surface area contributed by atoms with Crippen molar-refractivity contribution in [3.63, 3.8) is 0 Å². The van der Waals surface area contributed by atoms with Crippen LogP contribution in [0.4, 0.5) is 5.69 Å². The Labute approximate surface area is 224 Å². The van der Waals surface area contributed by atoms with Gasteiger partial charge in [-0.05, 0) is 62.6 Å². The second-order valence-electron chi connectivity index (χ2n) is 8.87. The fraction of sp³-hybridized carbons (Fsp3) is 0.286. The second kappa shape index (κ2) is 12.3. The van der Waals surface area contributed by atoms with Gasteiger partial charge in [-0.15, -0.1) is 0 Å². The summed E-state index contributed by atoms with van der Waals surface area (Å²) in [4.78, 5) is 27.7. The smallest absolute Gasteiger partial charge is 0.264 e. The summed E-state index contributed by atoms with van der Waals surface area (Å²) in [6, 6.07) is 20.1. The number of amides is 2. The third-order valence-corrected chi connectivity index (χ3v) is 8.23. The Kier molecular flexibility index (Phi) is 9.34. The summed E-state index contributed by atoms with van der Waals surface area (Å²) < 4.78 is 28.8. The molecule has 0 saturated carbocycles. The number of anilines is 1. The van der Waals surface area contributed by atoms with Gasteiger partial charge in [0.15, 0.2) is 0 Å². The molecule has 3 aromatic carbocycles. The van der Waals surface area contributed by atoms with Crippen LogP contribution in [-0.4, -0.2) is 51.3 Å². The van der Waals surface area contributed by atoms with E-state index in [-0.39, 0.29) is 17.3 Å². The van der Waals surface area contributed by atoms with Gasteiger partial charge in [-0.2, -0.15) is 0 Å². The molecule has 196 valence electrons. The maximum Gasteiger partial charge on any atom is 0.264 e. The standard InChI is InChI=1S/C28H32ClN3O4S/c1-20-10-14-25(15-11-20)37(35,36)32(26-18-24(29)13-12-21(26)2)19-27(33)31(22(3)28(34)30-4)17-16-23-8-6-5-7-9-23/h5-15,18,22H,16-17,19H2,1-4H3,(H,30,34)/t22-/m1/s1. The van der Waals surface area contributed by atoms with Gasteiger partial charge in [-0.3, -0.25) is 13.9 Å². The highest BCUT2D eigenvalue weighted by Crippen LogP contribution is 2.30. The van der Waals surface area contributed by atoms with Crippen LogP contribution in [0.3, 0.4) is 0 Å². The van der Waals surface area contributed by atoms with Crippen LogP contribution in [0.2, 0.25) is 5.02 Å². The first-order valence-corrected chi connectivity index (χ1v) is 13.8. The number of rotatable bonds is 10. The average molecular weight is 542 g/mol. The van der Waals surface area contributed by atoms with E-state index in [1.807, 2.05) is 37.3 Å². The summed E-state index contributed by atoms with van der Waals surface area (Å²) >= 11 is 6.24. The minimum Gasteiger partial charge on any atom is -0.357 e. The Morgan fingerprint density at radius 2 is 1.62 bits per heavy atom. The van der Waals surface area contributed by atoms with E-state index in [9.17, 15) is 18.0 Å². The summed E-state index contributed by atoms with van der Waals surface area (Å²) in [5.41, 5.74) is 2.85. The molecule has 0 aliphatic heterocycles. The van der Waals surface area contributed by atoms with Gasteiger partial charge in [-0.25, -0.2) is 8.42 Å². The molecule has 3 aromatic rings. The number of likely N-dealkylation sites (N-methyl/N-ethyl adjacent to an activating group) is 1. The van der Waals surface area contributed by atoms with E-state index in [1.54, 1.807) is 38.1 Å². The summed E-state index contributed by atoms with van der Waals surface area (Å²) in [5.74, 6) is -0.838. The van der Waals surface area contributed by atoms with Crippen molar-refractivity contribution < 1.29 is 18.0 Å². The topological polar surface area (TPSA) is 86.8 Å². The first-order valence-electron chi connectivity index (χ1n) is 11.9. The predicted octanol–water partition coefficient (Wildman–Crippen LogP) is 4.36. The van der Waals surface area contributed by atoms with E-state index in [4.69, 9.17) is 11.6 Å². The van der Waals surface area contributed by atoms with E-state index in [1.165, 1.54) is 30.1 Å². The zero-order valence-corrected chi connectivity index (χ0v) is 23.0. The fourth-order valence-corrected chi connectivity index (χ4v) is 5.62. The minimum absolute atomic E-state index is 0.0560. The SMILES string of the molecule is CNC(=O)[C@@H](C)N(CCc1ccccc1)C(=O)CN(c1cc(Cl)ccc1C)S(=O)(=O)c1ccc(C)cc1. The molecular weight excluding hydrogens is 510 g/mol. The van der Waals surface area contributed by atoms with Gasteiger partial charge in [0.05, 0.1) is 10.6 Å². The third kappa shape index (κ3) is 6.90. The van der Waals surface area contributed by atoms with Crippen molar-refractivity contribution in [2.75, 3.05) is 24.4 Å². The van der Waals surface area contributed by atoms with Crippen LogP contribution in [0.5, 0.6) is 0 Å². The monoisotopic (exact) mass is 541 g/mol. The number of carbonyl (C=O) groups is 2. The number of benzene rings is 3. The molecule has 0 heterocycles. The highest BCUT2D eigenvalue weighted by Gasteiger charge is 2.32. The molecule has 7 nitrogen and oxygen atoms in total. The Morgan fingerprint density at radius 1 is 0.973 bits per heavy atom. The van der Waals surface area contributed by atoms with Crippen LogP contribution in [0, 0.1) is 13.8 Å². The molecule has 0 unspecified atom stereocenters. The number of carbonyl (C=O) groups excluding carboxylic acids is 2. The molecule has 0 saturated heterocycles. The van der Waals surface area contributed by atoms with Gasteiger partial charge in [0.25, 0.3) is 10.0 Å². The molecule has 0 aromatic heterocycles. The van der Waals surface area contributed by atoms with Crippen LogP contribution < -0.4 is 9.62 Å². The maximum absolute atomic E-state index is 13.8. The Balaban J connectivity index is 2.02. The molecule has 0 bridgehead atoms. The molecule has 0 spiro atoms. The van der Waals surface area contributed by atoms with E-state index in [0.717, 1.165) is 15.4 Å². The van der Waals surface area contributed by atoms with Gasteiger partial charge >= 0.3 is 0 Å². The molecule has 0 radical (unpaired) electrons. The number of hydrogen-bond donors (Lipinski definition) is 1. The third-order valence-electron chi connectivity index (χ3n) is 6.23. The molecular formula is C28H32ClN3O4S. The molecule has 2 amide bonds. The second-order valence-corrected chi connectivity index (χ2v) is 11.2. The Morgan fingerprint density at radius 3 is 2.24 bits per heavy atom. The number of halogens is 1. The lowest BCUT2D eigenvalue weighted by molar-refractivity contribution is -0.138. The molecule has 0 fully saturated rings. The van der Waals surface area contributed by atoms with Crippen LogP contribution in [-0.2, 0) is 26.0 Å². The zero-order chi connectivity index (χ0) is 27.2. The molecule has 3 rings (SSSR count). The first kappa shape index (κ1) is 28.2. The number of aryl methyl sites for hydroxylation is 2. The van der Waals surface area contributed by atoms with Crippen molar-refractivity contribution >= 4 is 39.1 Å². The normalized spacial score (nSPS) is 12.0. The number of nitrogens with one attached hydrogen (secondary N) is 1. The van der Waals surface area contributed by atoms with Gasteiger partial charge in [-0.1, -0.05) is 65.7 Å². The number of sulfonamides is 1. The van der Waals surface area contributed by atoms with Crippen LogP contribution in [0.1, 0.15) is 23.6 Å². The summed E-state index contributed by atoms with van der Waals surface area (Å²) in [6.45, 7) is 5.00. The van der Waals surface area contributed by atoms with Crippen LogP contribution in [0.15, 0.2) is 77.7 Å². The van der Waals surface area contributed by atoms with E-state index >= 15 is 0 Å². The highest BCUT2D eigenvalue weighted by molar-refractivity contribution is 7.92. The molecule has 0 aliphatic rings. The highest BCUT2D eigenvalue weighted by atomic mass is 35.5. The van der Waals surface area contributed by atoms with E-state index in [0.29, 0.717) is 22.7 Å². The van der Waals surface area contributed by atoms with Crippen molar-refractivity contribution in [1.82, 2.24) is 10.2 Å². The zero-order valence-electron chi connectivity index (χ0n) is 21.4. The quantitative estimate of drug-likeness (QED) is 0.413. The van der Waals surface area contributed by atoms with Crippen LogP contribution >= 0.6 is 11.6 Å².